The second-order valence-electron chi connectivity index (χ2n) is 5.20. The third-order valence-electron chi connectivity index (χ3n) is 3.69. The molecule has 0 N–H and O–H groups in total. The number of carbonyl (C=O) groups excluding carboxylic acids is 1. The van der Waals surface area contributed by atoms with Crippen LogP contribution in [0.2, 0.25) is 0 Å². The molecule has 106 valence electrons. The number of likely N-dealkylation sites (tertiary alicyclic amines) is 1. The van der Waals surface area contributed by atoms with E-state index in [9.17, 15) is 4.79 Å². The molecule has 1 aliphatic heterocycles. The quantitative estimate of drug-likeness (QED) is 0.774. The predicted octanol–water partition coefficient (Wildman–Crippen LogP) is 1.50. The van der Waals surface area contributed by atoms with Crippen molar-refractivity contribution < 1.29 is 9.53 Å². The van der Waals surface area contributed by atoms with E-state index in [0.717, 1.165) is 38.2 Å². The molecule has 0 aliphatic carbocycles. The van der Waals surface area contributed by atoms with Crippen molar-refractivity contribution in [3.63, 3.8) is 0 Å². The summed E-state index contributed by atoms with van der Waals surface area (Å²) in [5.74, 6) is 0.0583. The van der Waals surface area contributed by atoms with Crippen LogP contribution in [0.4, 0.5) is 0 Å². The van der Waals surface area contributed by atoms with E-state index in [2.05, 4.69) is 16.1 Å². The Labute approximate surface area is 114 Å². The first-order valence-corrected chi connectivity index (χ1v) is 6.98. The number of nitrogens with zero attached hydrogens (tertiary/aromatic N) is 3. The average molecular weight is 265 g/mol. The molecule has 5 heteroatoms. The largest absolute Gasteiger partial charge is 0.466 e. The monoisotopic (exact) mass is 265 g/mol. The lowest BCUT2D eigenvalue weighted by molar-refractivity contribution is -0.149. The minimum absolute atomic E-state index is 0.0291. The van der Waals surface area contributed by atoms with E-state index in [-0.39, 0.29) is 11.9 Å². The van der Waals surface area contributed by atoms with Crippen LogP contribution in [-0.2, 0) is 23.1 Å². The number of aryl methyl sites for hydroxylation is 2. The third kappa shape index (κ3) is 3.56. The van der Waals surface area contributed by atoms with Crippen molar-refractivity contribution in [2.75, 3.05) is 19.7 Å². The number of hydrogen-bond donors (Lipinski definition) is 0. The maximum absolute atomic E-state index is 11.7. The summed E-state index contributed by atoms with van der Waals surface area (Å²) in [5, 5.41) is 4.36. The number of carbonyl (C=O) groups is 1. The Bertz CT molecular complexity index is 434. The van der Waals surface area contributed by atoms with Gasteiger partial charge in [-0.3, -0.25) is 14.4 Å². The summed E-state index contributed by atoms with van der Waals surface area (Å²) in [4.78, 5) is 14.0. The zero-order valence-electron chi connectivity index (χ0n) is 12.1. The minimum Gasteiger partial charge on any atom is -0.466 e. The first-order chi connectivity index (χ1) is 9.10. The van der Waals surface area contributed by atoms with Crippen LogP contribution >= 0.6 is 0 Å². The molecular formula is C14H23N3O2. The molecule has 5 nitrogen and oxygen atoms in total. The van der Waals surface area contributed by atoms with Crippen LogP contribution in [0.15, 0.2) is 6.07 Å². The molecule has 0 unspecified atom stereocenters. The van der Waals surface area contributed by atoms with Crippen LogP contribution in [0.5, 0.6) is 0 Å². The van der Waals surface area contributed by atoms with Gasteiger partial charge in [0, 0.05) is 13.6 Å². The van der Waals surface area contributed by atoms with Crippen molar-refractivity contribution in [2.24, 2.45) is 13.0 Å². The van der Waals surface area contributed by atoms with Gasteiger partial charge in [-0.2, -0.15) is 5.10 Å². The van der Waals surface area contributed by atoms with Gasteiger partial charge >= 0.3 is 5.97 Å². The van der Waals surface area contributed by atoms with Gasteiger partial charge in [0.1, 0.15) is 0 Å². The Morgan fingerprint density at radius 3 is 2.68 bits per heavy atom. The van der Waals surface area contributed by atoms with Crippen molar-refractivity contribution in [1.29, 1.82) is 0 Å². The summed E-state index contributed by atoms with van der Waals surface area (Å²) in [5.41, 5.74) is 2.28. The lowest BCUT2D eigenvalue weighted by Crippen LogP contribution is -2.36. The maximum atomic E-state index is 11.7. The molecule has 1 saturated heterocycles. The van der Waals surface area contributed by atoms with Crippen molar-refractivity contribution in [2.45, 2.75) is 33.2 Å². The summed E-state index contributed by atoms with van der Waals surface area (Å²) in [6, 6.07) is 2.12. The highest BCUT2D eigenvalue weighted by Gasteiger charge is 2.26. The normalized spacial score (nSPS) is 17.6. The number of aromatic nitrogens is 2. The Morgan fingerprint density at radius 2 is 2.16 bits per heavy atom. The SMILES string of the molecule is CCOC(=O)C1CCN(Cc2cc(C)nn2C)CC1. The highest BCUT2D eigenvalue weighted by atomic mass is 16.5. The molecule has 1 aromatic rings. The van der Waals surface area contributed by atoms with Gasteiger partial charge in [-0.05, 0) is 45.8 Å². The van der Waals surface area contributed by atoms with Crippen molar-refractivity contribution in [3.8, 4) is 0 Å². The topological polar surface area (TPSA) is 47.4 Å². The number of rotatable bonds is 4. The van der Waals surface area contributed by atoms with Crippen molar-refractivity contribution in [1.82, 2.24) is 14.7 Å². The highest BCUT2D eigenvalue weighted by molar-refractivity contribution is 5.72. The van der Waals surface area contributed by atoms with Gasteiger partial charge in [0.05, 0.1) is 23.9 Å². The van der Waals surface area contributed by atoms with Gasteiger partial charge in [0.15, 0.2) is 0 Å². The summed E-state index contributed by atoms with van der Waals surface area (Å²) in [6.45, 7) is 7.16. The standard InChI is InChI=1S/C14H23N3O2/c1-4-19-14(18)12-5-7-17(8-6-12)10-13-9-11(2)15-16(13)3/h9,12H,4-8,10H2,1-3H3. The van der Waals surface area contributed by atoms with Crippen LogP contribution in [0, 0.1) is 12.8 Å². The van der Waals surface area contributed by atoms with Gasteiger partial charge < -0.3 is 4.74 Å². The van der Waals surface area contributed by atoms with Gasteiger partial charge in [-0.15, -0.1) is 0 Å². The van der Waals surface area contributed by atoms with E-state index < -0.39 is 0 Å². The molecule has 0 atom stereocenters. The fraction of sp³-hybridized carbons (Fsp3) is 0.714. The zero-order valence-corrected chi connectivity index (χ0v) is 12.1. The average Bonchev–Trinajstić information content (AvgIpc) is 2.69. The molecule has 0 radical (unpaired) electrons. The van der Waals surface area contributed by atoms with Crippen LogP contribution < -0.4 is 0 Å². The van der Waals surface area contributed by atoms with E-state index in [0.29, 0.717) is 6.61 Å². The smallest absolute Gasteiger partial charge is 0.309 e. The molecule has 0 aromatic carbocycles. The lowest BCUT2D eigenvalue weighted by Gasteiger charge is -2.30. The molecule has 2 rings (SSSR count). The Morgan fingerprint density at radius 1 is 1.47 bits per heavy atom. The van der Waals surface area contributed by atoms with Gasteiger partial charge in [-0.1, -0.05) is 0 Å². The van der Waals surface area contributed by atoms with Gasteiger partial charge in [0.25, 0.3) is 0 Å². The first kappa shape index (κ1) is 14.1. The molecule has 19 heavy (non-hydrogen) atoms. The second kappa shape index (κ2) is 6.19. The van der Waals surface area contributed by atoms with Gasteiger partial charge in [0.2, 0.25) is 0 Å². The first-order valence-electron chi connectivity index (χ1n) is 6.98. The summed E-state index contributed by atoms with van der Waals surface area (Å²) in [7, 11) is 1.98. The van der Waals surface area contributed by atoms with Crippen LogP contribution in [0.3, 0.4) is 0 Å². The maximum Gasteiger partial charge on any atom is 0.309 e. The summed E-state index contributed by atoms with van der Waals surface area (Å²) < 4.78 is 7.02. The molecule has 0 spiro atoms. The van der Waals surface area contributed by atoms with Crippen LogP contribution in [0.1, 0.15) is 31.2 Å². The number of piperidine rings is 1. The second-order valence-corrected chi connectivity index (χ2v) is 5.20. The molecule has 2 heterocycles. The van der Waals surface area contributed by atoms with Crippen molar-refractivity contribution in [3.05, 3.63) is 17.5 Å². The van der Waals surface area contributed by atoms with Crippen LogP contribution in [0.25, 0.3) is 0 Å². The number of esters is 1. The summed E-state index contributed by atoms with van der Waals surface area (Å²) in [6.07, 6.45) is 1.80. The molecular weight excluding hydrogens is 242 g/mol. The zero-order chi connectivity index (χ0) is 13.8. The fourth-order valence-electron chi connectivity index (χ4n) is 2.63. The van der Waals surface area contributed by atoms with Crippen LogP contribution in [-0.4, -0.2) is 40.3 Å². The Kier molecular flexibility index (Phi) is 4.58. The van der Waals surface area contributed by atoms with Crippen molar-refractivity contribution >= 4 is 5.97 Å². The van der Waals surface area contributed by atoms with E-state index >= 15 is 0 Å². The Balaban J connectivity index is 1.83. The highest BCUT2D eigenvalue weighted by Crippen LogP contribution is 2.20. The molecule has 1 fully saturated rings. The number of ether oxygens (including phenoxy) is 1. The molecule has 1 aliphatic rings. The molecule has 0 amide bonds. The third-order valence-corrected chi connectivity index (χ3v) is 3.69. The van der Waals surface area contributed by atoms with E-state index in [4.69, 9.17) is 4.74 Å². The lowest BCUT2D eigenvalue weighted by atomic mass is 9.97. The van der Waals surface area contributed by atoms with E-state index in [1.165, 1.54) is 5.69 Å². The molecule has 0 saturated carbocycles. The number of hydrogen-bond acceptors (Lipinski definition) is 4. The Hall–Kier alpha value is -1.36. The van der Waals surface area contributed by atoms with Gasteiger partial charge in [-0.25, -0.2) is 0 Å². The predicted molar refractivity (Wildman–Crippen MR) is 72.6 cm³/mol. The fourth-order valence-corrected chi connectivity index (χ4v) is 2.63. The molecule has 0 bridgehead atoms. The van der Waals surface area contributed by atoms with E-state index in [1.807, 2.05) is 25.6 Å². The molecule has 1 aromatic heterocycles. The minimum atomic E-state index is -0.0291. The van der Waals surface area contributed by atoms with E-state index in [1.54, 1.807) is 0 Å². The summed E-state index contributed by atoms with van der Waals surface area (Å²) >= 11 is 0.